The van der Waals surface area contributed by atoms with E-state index in [1.807, 2.05) is 0 Å². The average Bonchev–Trinajstić information content (AvgIpc) is 3.19. The molecule has 3 aromatic rings. The third kappa shape index (κ3) is 4.91. The number of sulfonamides is 1. The van der Waals surface area contributed by atoms with Crippen LogP contribution in [0.5, 0.6) is 0 Å². The Morgan fingerprint density at radius 1 is 1.18 bits per heavy atom. The predicted molar refractivity (Wildman–Crippen MR) is 117 cm³/mol. The van der Waals surface area contributed by atoms with E-state index in [-0.39, 0.29) is 61.3 Å². The Morgan fingerprint density at radius 3 is 2.52 bits per heavy atom. The number of Topliss-reactive ketones (excluding diaryl/α,β-unsaturated/α-hetero) is 1. The minimum absolute atomic E-state index is 0.0147. The fourth-order valence-corrected chi connectivity index (χ4v) is 4.69. The van der Waals surface area contributed by atoms with Crippen LogP contribution >= 0.6 is 0 Å². The summed E-state index contributed by atoms with van der Waals surface area (Å²) in [6, 6.07) is 7.65. The van der Waals surface area contributed by atoms with E-state index in [0.717, 1.165) is 6.20 Å². The van der Waals surface area contributed by atoms with Crippen molar-refractivity contribution in [3.8, 4) is 11.5 Å². The Morgan fingerprint density at radius 2 is 1.88 bits per heavy atom. The first kappa shape index (κ1) is 22.9. The van der Waals surface area contributed by atoms with Gasteiger partial charge in [0.1, 0.15) is 17.2 Å². The maximum absolute atomic E-state index is 14.5. The number of nitrogens with two attached hydrogens (primary N) is 1. The molecule has 9 nitrogen and oxygen atoms in total. The summed E-state index contributed by atoms with van der Waals surface area (Å²) in [5.41, 5.74) is 0.821. The van der Waals surface area contributed by atoms with Crippen LogP contribution in [0.3, 0.4) is 0 Å². The summed E-state index contributed by atoms with van der Waals surface area (Å²) in [5, 5.41) is 8.91. The molecule has 4 rings (SSSR count). The van der Waals surface area contributed by atoms with Gasteiger partial charge in [-0.05, 0) is 25.0 Å². The zero-order valence-electron chi connectivity index (χ0n) is 17.8. The summed E-state index contributed by atoms with van der Waals surface area (Å²) < 4.78 is 53.1. The van der Waals surface area contributed by atoms with Crippen molar-refractivity contribution in [3.63, 3.8) is 0 Å². The molecule has 2 N–H and O–H groups in total. The number of carbonyl (C=O) groups excluding carboxylic acids is 1. The second kappa shape index (κ2) is 8.94. The molecule has 0 atom stereocenters. The van der Waals surface area contributed by atoms with Crippen LogP contribution in [0, 0.1) is 11.6 Å². The standard InChI is InChI=1S/C21H22F2N6O3S/c1-13(30)19-10-18(27-29(19)12-14-4-2-3-5-16(14)22)20-25-11-17(23)21(26-20)28-8-6-15(7-9-28)33(24,31)32/h2-5,10-11,15H,6-9,12H2,1H3,(H2,24,31,32). The highest BCUT2D eigenvalue weighted by Gasteiger charge is 2.29. The lowest BCUT2D eigenvalue weighted by molar-refractivity contribution is 0.100. The Balaban J connectivity index is 1.63. The SMILES string of the molecule is CC(=O)c1cc(-c2ncc(F)c(N3CCC(S(N)(=O)=O)CC3)n2)nn1Cc1ccccc1F. The summed E-state index contributed by atoms with van der Waals surface area (Å²) in [6.45, 7) is 1.91. The van der Waals surface area contributed by atoms with Gasteiger partial charge in [0, 0.05) is 25.6 Å². The first-order valence-corrected chi connectivity index (χ1v) is 11.9. The molecule has 2 aromatic heterocycles. The van der Waals surface area contributed by atoms with Crippen molar-refractivity contribution in [3.05, 3.63) is 59.4 Å². The van der Waals surface area contributed by atoms with Gasteiger partial charge in [-0.1, -0.05) is 18.2 Å². The maximum atomic E-state index is 14.5. The Kier molecular flexibility index (Phi) is 6.21. The molecule has 0 amide bonds. The van der Waals surface area contributed by atoms with Gasteiger partial charge in [0.15, 0.2) is 23.2 Å². The number of hydrogen-bond donors (Lipinski definition) is 1. The average molecular weight is 477 g/mol. The molecule has 1 aliphatic heterocycles. The minimum Gasteiger partial charge on any atom is -0.354 e. The molecule has 1 fully saturated rings. The molecule has 12 heteroatoms. The summed E-state index contributed by atoms with van der Waals surface area (Å²) in [7, 11) is -3.66. The van der Waals surface area contributed by atoms with Crippen LogP contribution in [0.25, 0.3) is 11.5 Å². The number of primary sulfonamides is 1. The second-order valence-corrected chi connectivity index (χ2v) is 9.71. The largest absolute Gasteiger partial charge is 0.354 e. The quantitative estimate of drug-likeness (QED) is 0.541. The van der Waals surface area contributed by atoms with Crippen LogP contribution in [0.1, 0.15) is 35.8 Å². The Labute approximate surface area is 189 Å². The van der Waals surface area contributed by atoms with Gasteiger partial charge in [0.2, 0.25) is 10.0 Å². The lowest BCUT2D eigenvalue weighted by Crippen LogP contribution is -2.42. The summed E-state index contributed by atoms with van der Waals surface area (Å²) >= 11 is 0. The number of benzene rings is 1. The number of hydrogen-bond acceptors (Lipinski definition) is 7. The summed E-state index contributed by atoms with van der Waals surface area (Å²) in [6.07, 6.45) is 1.51. The van der Waals surface area contributed by atoms with Gasteiger partial charge < -0.3 is 4.90 Å². The molecular formula is C21H22F2N6O3S. The fraction of sp³-hybridized carbons (Fsp3) is 0.333. The third-order valence-electron chi connectivity index (χ3n) is 5.58. The van der Waals surface area contributed by atoms with Crippen molar-refractivity contribution >= 4 is 21.6 Å². The van der Waals surface area contributed by atoms with Crippen LogP contribution in [-0.2, 0) is 16.6 Å². The summed E-state index contributed by atoms with van der Waals surface area (Å²) in [5.74, 6) is -1.26. The number of rotatable bonds is 6. The van der Waals surface area contributed by atoms with Crippen molar-refractivity contribution < 1.29 is 22.0 Å². The topological polar surface area (TPSA) is 124 Å². The normalized spacial score (nSPS) is 15.1. The molecule has 3 heterocycles. The molecule has 0 radical (unpaired) electrons. The van der Waals surface area contributed by atoms with Crippen molar-refractivity contribution in [1.29, 1.82) is 0 Å². The Hall–Kier alpha value is -3.25. The van der Waals surface area contributed by atoms with Crippen LogP contribution in [-0.4, -0.2) is 52.3 Å². The number of carbonyl (C=O) groups is 1. The van der Waals surface area contributed by atoms with Crippen LogP contribution < -0.4 is 10.0 Å². The summed E-state index contributed by atoms with van der Waals surface area (Å²) in [4.78, 5) is 22.1. The molecule has 1 saturated heterocycles. The van der Waals surface area contributed by atoms with Crippen molar-refractivity contribution in [2.75, 3.05) is 18.0 Å². The number of aromatic nitrogens is 4. The van der Waals surface area contributed by atoms with E-state index in [2.05, 4.69) is 15.1 Å². The first-order chi connectivity index (χ1) is 15.6. The predicted octanol–water partition coefficient (Wildman–Crippen LogP) is 2.13. The van der Waals surface area contributed by atoms with Gasteiger partial charge in [-0.2, -0.15) is 5.10 Å². The van der Waals surface area contributed by atoms with Gasteiger partial charge in [-0.15, -0.1) is 0 Å². The molecule has 0 unspecified atom stereocenters. The van der Waals surface area contributed by atoms with Crippen LogP contribution in [0.4, 0.5) is 14.6 Å². The lowest BCUT2D eigenvalue weighted by atomic mass is 10.1. The molecule has 174 valence electrons. The third-order valence-corrected chi connectivity index (χ3v) is 6.98. The number of piperidine rings is 1. The van der Waals surface area contributed by atoms with E-state index in [1.54, 1.807) is 23.1 Å². The van der Waals surface area contributed by atoms with E-state index in [1.165, 1.54) is 23.7 Å². The number of halogens is 2. The molecule has 33 heavy (non-hydrogen) atoms. The second-order valence-electron chi connectivity index (χ2n) is 7.86. The van der Waals surface area contributed by atoms with Crippen molar-refractivity contribution in [2.24, 2.45) is 5.14 Å². The molecule has 1 aliphatic rings. The lowest BCUT2D eigenvalue weighted by Gasteiger charge is -2.31. The highest BCUT2D eigenvalue weighted by molar-refractivity contribution is 7.89. The van der Waals surface area contributed by atoms with Gasteiger partial charge in [-0.3, -0.25) is 9.48 Å². The van der Waals surface area contributed by atoms with Crippen molar-refractivity contribution in [2.45, 2.75) is 31.6 Å². The van der Waals surface area contributed by atoms with E-state index >= 15 is 0 Å². The highest BCUT2D eigenvalue weighted by Crippen LogP contribution is 2.26. The molecule has 0 aliphatic carbocycles. The van der Waals surface area contributed by atoms with Crippen molar-refractivity contribution in [1.82, 2.24) is 19.7 Å². The van der Waals surface area contributed by atoms with E-state index in [4.69, 9.17) is 5.14 Å². The molecule has 1 aromatic carbocycles. The zero-order chi connectivity index (χ0) is 23.8. The van der Waals surface area contributed by atoms with Gasteiger partial charge in [0.05, 0.1) is 18.0 Å². The molecule has 0 saturated carbocycles. The molecular weight excluding hydrogens is 454 g/mol. The minimum atomic E-state index is -3.66. The first-order valence-electron chi connectivity index (χ1n) is 10.2. The smallest absolute Gasteiger partial charge is 0.212 e. The van der Waals surface area contributed by atoms with Gasteiger partial charge >= 0.3 is 0 Å². The van der Waals surface area contributed by atoms with E-state index in [0.29, 0.717) is 5.56 Å². The van der Waals surface area contributed by atoms with Gasteiger partial charge in [-0.25, -0.2) is 32.3 Å². The number of anilines is 1. The maximum Gasteiger partial charge on any atom is 0.212 e. The fourth-order valence-electron chi connectivity index (χ4n) is 3.82. The number of nitrogens with zero attached hydrogens (tertiary/aromatic N) is 5. The highest BCUT2D eigenvalue weighted by atomic mass is 32.2. The van der Waals surface area contributed by atoms with E-state index < -0.39 is 26.9 Å². The van der Waals surface area contributed by atoms with Crippen LogP contribution in [0.15, 0.2) is 36.5 Å². The molecule has 0 spiro atoms. The zero-order valence-corrected chi connectivity index (χ0v) is 18.6. The monoisotopic (exact) mass is 476 g/mol. The molecule has 0 bridgehead atoms. The van der Waals surface area contributed by atoms with Crippen LogP contribution in [0.2, 0.25) is 0 Å². The number of ketones is 1. The van der Waals surface area contributed by atoms with Gasteiger partial charge in [0.25, 0.3) is 0 Å². The Bertz CT molecular complexity index is 1300. The van der Waals surface area contributed by atoms with E-state index in [9.17, 15) is 22.0 Å².